The monoisotopic (exact) mass is 250 g/mol. The standard InChI is InChI=1S/C15H26N2O/c1-3-14-4-5-15(18-14)12-16-9-6-13-7-10-17(2)11-8-13/h4-5,13,16H,3,6-12H2,1-2H3. The number of hydrogen-bond donors (Lipinski definition) is 1. The Hall–Kier alpha value is -0.800. The summed E-state index contributed by atoms with van der Waals surface area (Å²) in [5, 5.41) is 3.49. The summed E-state index contributed by atoms with van der Waals surface area (Å²) in [6.07, 6.45) is 5.00. The van der Waals surface area contributed by atoms with Crippen molar-refractivity contribution < 1.29 is 4.42 Å². The number of piperidine rings is 1. The third-order valence-electron chi connectivity index (χ3n) is 3.93. The van der Waals surface area contributed by atoms with E-state index in [1.807, 2.05) is 0 Å². The Labute approximate surface area is 111 Å². The molecule has 1 N–H and O–H groups in total. The van der Waals surface area contributed by atoms with Crippen LogP contribution < -0.4 is 5.32 Å². The van der Waals surface area contributed by atoms with Gasteiger partial charge in [0.1, 0.15) is 11.5 Å². The molecule has 18 heavy (non-hydrogen) atoms. The minimum atomic E-state index is 0.868. The topological polar surface area (TPSA) is 28.4 Å². The maximum Gasteiger partial charge on any atom is 0.117 e. The fourth-order valence-electron chi connectivity index (χ4n) is 2.58. The predicted octanol–water partition coefficient (Wildman–Crippen LogP) is 2.66. The van der Waals surface area contributed by atoms with Crippen LogP contribution in [0.5, 0.6) is 0 Å². The number of nitrogens with zero attached hydrogens (tertiary/aromatic N) is 1. The van der Waals surface area contributed by atoms with Gasteiger partial charge in [-0.2, -0.15) is 0 Å². The zero-order valence-electron chi connectivity index (χ0n) is 11.7. The third kappa shape index (κ3) is 4.14. The van der Waals surface area contributed by atoms with E-state index in [0.717, 1.165) is 36.9 Å². The first kappa shape index (κ1) is 13.6. The summed E-state index contributed by atoms with van der Waals surface area (Å²) < 4.78 is 5.67. The molecule has 0 spiro atoms. The summed E-state index contributed by atoms with van der Waals surface area (Å²) in [7, 11) is 2.22. The molecule has 0 aliphatic carbocycles. The molecule has 0 aromatic carbocycles. The van der Waals surface area contributed by atoms with E-state index in [2.05, 4.69) is 36.3 Å². The molecule has 0 saturated carbocycles. The number of rotatable bonds is 6. The Balaban J connectivity index is 1.58. The largest absolute Gasteiger partial charge is 0.465 e. The van der Waals surface area contributed by atoms with E-state index in [1.165, 1.54) is 32.4 Å². The van der Waals surface area contributed by atoms with Crippen LogP contribution in [0.1, 0.15) is 37.7 Å². The van der Waals surface area contributed by atoms with Crippen molar-refractivity contribution >= 4 is 0 Å². The Morgan fingerprint density at radius 2 is 2.00 bits per heavy atom. The first-order valence-corrected chi connectivity index (χ1v) is 7.24. The van der Waals surface area contributed by atoms with E-state index in [4.69, 9.17) is 4.42 Å². The molecular weight excluding hydrogens is 224 g/mol. The minimum Gasteiger partial charge on any atom is -0.465 e. The molecule has 0 unspecified atom stereocenters. The fourth-order valence-corrected chi connectivity index (χ4v) is 2.58. The van der Waals surface area contributed by atoms with E-state index in [1.54, 1.807) is 0 Å². The van der Waals surface area contributed by atoms with Crippen molar-refractivity contribution in [2.24, 2.45) is 5.92 Å². The van der Waals surface area contributed by atoms with E-state index >= 15 is 0 Å². The summed E-state index contributed by atoms with van der Waals surface area (Å²) >= 11 is 0. The molecule has 1 aromatic heterocycles. The number of aryl methyl sites for hydroxylation is 1. The summed E-state index contributed by atoms with van der Waals surface area (Å²) in [6, 6.07) is 4.16. The minimum absolute atomic E-state index is 0.868. The number of furan rings is 1. The first-order chi connectivity index (χ1) is 8.78. The quantitative estimate of drug-likeness (QED) is 0.787. The Morgan fingerprint density at radius 3 is 2.67 bits per heavy atom. The summed E-state index contributed by atoms with van der Waals surface area (Å²) in [6.45, 7) is 6.63. The van der Waals surface area contributed by atoms with Crippen LogP contribution in [-0.2, 0) is 13.0 Å². The molecule has 0 radical (unpaired) electrons. The highest BCUT2D eigenvalue weighted by molar-refractivity contribution is 5.06. The van der Waals surface area contributed by atoms with Gasteiger partial charge in [-0.3, -0.25) is 0 Å². The average molecular weight is 250 g/mol. The van der Waals surface area contributed by atoms with Crippen LogP contribution in [0.4, 0.5) is 0 Å². The van der Waals surface area contributed by atoms with Crippen LogP contribution in [0.25, 0.3) is 0 Å². The molecule has 1 aromatic rings. The van der Waals surface area contributed by atoms with Gasteiger partial charge in [0.2, 0.25) is 0 Å². The van der Waals surface area contributed by atoms with E-state index in [9.17, 15) is 0 Å². The lowest BCUT2D eigenvalue weighted by Gasteiger charge is -2.28. The molecular formula is C15H26N2O. The lowest BCUT2D eigenvalue weighted by Crippen LogP contribution is -2.31. The Kier molecular flexibility index (Phi) is 5.26. The van der Waals surface area contributed by atoms with Crippen molar-refractivity contribution in [1.29, 1.82) is 0 Å². The number of likely N-dealkylation sites (tertiary alicyclic amines) is 1. The van der Waals surface area contributed by atoms with E-state index < -0.39 is 0 Å². The van der Waals surface area contributed by atoms with Gasteiger partial charge in [0, 0.05) is 6.42 Å². The molecule has 1 aliphatic rings. The van der Waals surface area contributed by atoms with E-state index in [0.29, 0.717) is 0 Å². The second kappa shape index (κ2) is 6.95. The van der Waals surface area contributed by atoms with Crippen LogP contribution in [0.15, 0.2) is 16.5 Å². The summed E-state index contributed by atoms with van der Waals surface area (Å²) in [5.74, 6) is 3.06. The molecule has 1 saturated heterocycles. The second-order valence-electron chi connectivity index (χ2n) is 5.43. The molecule has 102 valence electrons. The highest BCUT2D eigenvalue weighted by Crippen LogP contribution is 2.18. The second-order valence-corrected chi connectivity index (χ2v) is 5.43. The molecule has 0 amide bonds. The van der Waals surface area contributed by atoms with Crippen LogP contribution in [0, 0.1) is 5.92 Å². The van der Waals surface area contributed by atoms with Crippen molar-refractivity contribution in [3.63, 3.8) is 0 Å². The van der Waals surface area contributed by atoms with Crippen LogP contribution in [0.3, 0.4) is 0 Å². The molecule has 0 bridgehead atoms. The smallest absolute Gasteiger partial charge is 0.117 e. The molecule has 0 atom stereocenters. The van der Waals surface area contributed by atoms with Crippen molar-refractivity contribution in [3.8, 4) is 0 Å². The van der Waals surface area contributed by atoms with Crippen molar-refractivity contribution in [2.45, 2.75) is 39.2 Å². The van der Waals surface area contributed by atoms with Crippen LogP contribution in [-0.4, -0.2) is 31.6 Å². The summed E-state index contributed by atoms with van der Waals surface area (Å²) in [4.78, 5) is 2.43. The Morgan fingerprint density at radius 1 is 1.28 bits per heavy atom. The van der Waals surface area contributed by atoms with Crippen LogP contribution in [0.2, 0.25) is 0 Å². The van der Waals surface area contributed by atoms with Crippen molar-refractivity contribution in [3.05, 3.63) is 23.7 Å². The van der Waals surface area contributed by atoms with Gasteiger partial charge < -0.3 is 14.6 Å². The highest BCUT2D eigenvalue weighted by Gasteiger charge is 2.15. The fraction of sp³-hybridized carbons (Fsp3) is 0.733. The number of hydrogen-bond acceptors (Lipinski definition) is 3. The van der Waals surface area contributed by atoms with E-state index in [-0.39, 0.29) is 0 Å². The molecule has 3 nitrogen and oxygen atoms in total. The van der Waals surface area contributed by atoms with Gasteiger partial charge >= 0.3 is 0 Å². The summed E-state index contributed by atoms with van der Waals surface area (Å²) in [5.41, 5.74) is 0. The van der Waals surface area contributed by atoms with Gasteiger partial charge in [-0.1, -0.05) is 6.92 Å². The van der Waals surface area contributed by atoms with Gasteiger partial charge in [0.05, 0.1) is 6.54 Å². The normalized spacial score (nSPS) is 18.3. The lowest BCUT2D eigenvalue weighted by atomic mass is 9.94. The third-order valence-corrected chi connectivity index (χ3v) is 3.93. The van der Waals surface area contributed by atoms with Crippen LogP contribution >= 0.6 is 0 Å². The predicted molar refractivity (Wildman–Crippen MR) is 74.6 cm³/mol. The Bertz CT molecular complexity index is 340. The number of nitrogens with one attached hydrogen (secondary N) is 1. The van der Waals surface area contributed by atoms with Gasteiger partial charge in [-0.15, -0.1) is 0 Å². The molecule has 2 rings (SSSR count). The van der Waals surface area contributed by atoms with Gasteiger partial charge in [0.25, 0.3) is 0 Å². The average Bonchev–Trinajstić information content (AvgIpc) is 2.85. The highest BCUT2D eigenvalue weighted by atomic mass is 16.3. The SMILES string of the molecule is CCc1ccc(CNCCC2CCN(C)CC2)o1. The molecule has 1 aliphatic heterocycles. The maximum absolute atomic E-state index is 5.67. The maximum atomic E-state index is 5.67. The zero-order chi connectivity index (χ0) is 12.8. The first-order valence-electron chi connectivity index (χ1n) is 7.24. The zero-order valence-corrected chi connectivity index (χ0v) is 11.7. The van der Waals surface area contributed by atoms with Crippen molar-refractivity contribution in [1.82, 2.24) is 10.2 Å². The van der Waals surface area contributed by atoms with Gasteiger partial charge in [0.15, 0.2) is 0 Å². The van der Waals surface area contributed by atoms with Crippen molar-refractivity contribution in [2.75, 3.05) is 26.7 Å². The lowest BCUT2D eigenvalue weighted by molar-refractivity contribution is 0.211. The van der Waals surface area contributed by atoms with Gasteiger partial charge in [-0.25, -0.2) is 0 Å². The molecule has 3 heteroatoms. The molecule has 1 fully saturated rings. The van der Waals surface area contributed by atoms with Gasteiger partial charge in [-0.05, 0) is 64.0 Å². The molecule has 2 heterocycles.